The van der Waals surface area contributed by atoms with E-state index in [0.29, 0.717) is 35.5 Å². The number of amides is 1. The number of hydroxylamine groups is 1. The van der Waals surface area contributed by atoms with Crippen molar-refractivity contribution in [2.75, 3.05) is 29.6 Å². The van der Waals surface area contributed by atoms with E-state index in [1.165, 1.54) is 5.01 Å². The van der Waals surface area contributed by atoms with Gasteiger partial charge in [0.1, 0.15) is 18.3 Å². The van der Waals surface area contributed by atoms with E-state index < -0.39 is 23.4 Å². The van der Waals surface area contributed by atoms with Crippen LogP contribution in [0.25, 0.3) is 5.70 Å². The number of carbonyl (C=O) groups is 1. The molecule has 0 aromatic heterocycles. The number of benzene rings is 2. The molecule has 0 spiro atoms. The van der Waals surface area contributed by atoms with Gasteiger partial charge in [0.05, 0.1) is 24.6 Å². The molecule has 1 heterocycles. The number of rotatable bonds is 12. The van der Waals surface area contributed by atoms with Crippen LogP contribution in [0.1, 0.15) is 24.0 Å². The van der Waals surface area contributed by atoms with Crippen molar-refractivity contribution >= 4 is 48.9 Å². The van der Waals surface area contributed by atoms with Crippen molar-refractivity contribution < 1.29 is 36.9 Å². The number of nitrogens with zero attached hydrogens (tertiary/aromatic N) is 3. The number of alkyl halides is 3. The van der Waals surface area contributed by atoms with Crippen LogP contribution in [0.3, 0.4) is 0 Å². The summed E-state index contributed by atoms with van der Waals surface area (Å²) in [5.41, 5.74) is 7.76. The lowest BCUT2D eigenvalue weighted by molar-refractivity contribution is -0.757. The van der Waals surface area contributed by atoms with Gasteiger partial charge in [0.2, 0.25) is 0 Å². The fraction of sp³-hybridized carbons (Fsp3) is 0.348. The van der Waals surface area contributed by atoms with Gasteiger partial charge in [0.25, 0.3) is 5.09 Å². The maximum atomic E-state index is 13.5. The Hall–Kier alpha value is -3.34. The van der Waals surface area contributed by atoms with Gasteiger partial charge in [0, 0.05) is 12.7 Å². The molecule has 0 aliphatic carbocycles. The summed E-state index contributed by atoms with van der Waals surface area (Å²) in [6.07, 6.45) is -3.43. The Morgan fingerprint density at radius 2 is 1.79 bits per heavy atom. The van der Waals surface area contributed by atoms with E-state index >= 15 is 0 Å². The normalized spacial score (nSPS) is 14.7. The molecule has 1 amide bonds. The van der Waals surface area contributed by atoms with Gasteiger partial charge in [-0.3, -0.25) is 9.31 Å². The van der Waals surface area contributed by atoms with Crippen molar-refractivity contribution in [3.63, 3.8) is 0 Å². The molecule has 2 aromatic carbocycles. The number of unbranched alkanes of at least 4 members (excludes halogenated alkanes) is 1. The second-order valence-corrected chi connectivity index (χ2v) is 8.94. The Labute approximate surface area is 234 Å². The summed E-state index contributed by atoms with van der Waals surface area (Å²) >= 11 is 0.786. The molecule has 1 aliphatic rings. The van der Waals surface area contributed by atoms with E-state index in [2.05, 4.69) is 15.7 Å². The number of carbonyl (C=O) groups excluding carboxylic acids is 1. The molecule has 1 aliphatic heterocycles. The van der Waals surface area contributed by atoms with Crippen molar-refractivity contribution in [1.29, 1.82) is 0 Å². The number of hydrogen-bond donors (Lipinski definition) is 2. The zero-order valence-corrected chi connectivity index (χ0v) is 22.8. The summed E-state index contributed by atoms with van der Waals surface area (Å²) in [4.78, 5) is 25.8. The zero-order chi connectivity index (χ0) is 27.7. The molecule has 11 nitrogen and oxygen atoms in total. The summed E-state index contributed by atoms with van der Waals surface area (Å²) in [5, 5.41) is 10.5. The topological polar surface area (TPSA) is 118 Å². The monoisotopic (exact) mass is 591 g/mol. The van der Waals surface area contributed by atoms with Gasteiger partial charge in [-0.25, -0.2) is 10.2 Å². The molecule has 1 atom stereocenters. The molecular weight excluding hydrogens is 563 g/mol. The average Bonchev–Trinajstić information content (AvgIpc) is 3.33. The molecule has 1 unspecified atom stereocenters. The molecule has 16 heteroatoms. The van der Waals surface area contributed by atoms with Crippen LogP contribution in [-0.2, 0) is 13.9 Å². The molecule has 2 N–H and O–H groups in total. The SMILES string of the molecule is Cc1ccc(C2=CC(C(F)(F)F)NN2c2ccc(N(C)SONC(=O)OCCCCO[N+](=O)[O-])cc2)cc1.S. The van der Waals surface area contributed by atoms with Crippen molar-refractivity contribution in [1.82, 2.24) is 10.9 Å². The predicted octanol–water partition coefficient (Wildman–Crippen LogP) is 5.05. The number of ether oxygens (including phenoxy) is 1. The van der Waals surface area contributed by atoms with Crippen LogP contribution in [0.2, 0.25) is 0 Å². The van der Waals surface area contributed by atoms with Gasteiger partial charge >= 0.3 is 12.3 Å². The van der Waals surface area contributed by atoms with Crippen LogP contribution in [0.5, 0.6) is 0 Å². The van der Waals surface area contributed by atoms with Gasteiger partial charge < -0.3 is 9.57 Å². The number of aryl methyl sites for hydroxylation is 1. The smallest absolute Gasteiger partial charge is 0.432 e. The lowest BCUT2D eigenvalue weighted by Gasteiger charge is -2.26. The Morgan fingerprint density at radius 3 is 2.41 bits per heavy atom. The van der Waals surface area contributed by atoms with Crippen LogP contribution < -0.4 is 20.2 Å². The van der Waals surface area contributed by atoms with Crippen LogP contribution in [-0.4, -0.2) is 43.7 Å². The predicted molar refractivity (Wildman–Crippen MR) is 145 cm³/mol. The maximum absolute atomic E-state index is 13.5. The van der Waals surface area contributed by atoms with Gasteiger partial charge in [-0.2, -0.15) is 36.4 Å². The van der Waals surface area contributed by atoms with E-state index in [4.69, 9.17) is 9.02 Å². The van der Waals surface area contributed by atoms with Crippen molar-refractivity contribution in [2.45, 2.75) is 32.0 Å². The minimum absolute atomic E-state index is 0. The fourth-order valence-electron chi connectivity index (χ4n) is 3.31. The van der Waals surface area contributed by atoms with Crippen LogP contribution in [0, 0.1) is 17.0 Å². The second kappa shape index (κ2) is 14.7. The highest BCUT2D eigenvalue weighted by molar-refractivity contribution is 7.96. The van der Waals surface area contributed by atoms with Gasteiger partial charge in [0.15, 0.2) is 0 Å². The van der Waals surface area contributed by atoms with Gasteiger partial charge in [-0.15, -0.1) is 10.1 Å². The third kappa shape index (κ3) is 9.72. The van der Waals surface area contributed by atoms with E-state index in [1.807, 2.05) is 19.1 Å². The number of halogens is 3. The quantitative estimate of drug-likeness (QED) is 0.114. The molecule has 0 radical (unpaired) electrons. The Bertz CT molecular complexity index is 1120. The zero-order valence-electron chi connectivity index (χ0n) is 20.9. The minimum Gasteiger partial charge on any atom is -0.448 e. The van der Waals surface area contributed by atoms with Gasteiger partial charge in [-0.05, 0) is 55.7 Å². The second-order valence-electron chi connectivity index (χ2n) is 8.08. The highest BCUT2D eigenvalue weighted by atomic mass is 32.2. The molecule has 3 rings (SSSR count). The first-order valence-corrected chi connectivity index (χ1v) is 12.0. The maximum Gasteiger partial charge on any atom is 0.432 e. The fourth-order valence-corrected chi connectivity index (χ4v) is 3.73. The molecule has 0 fully saturated rings. The Balaban J connectivity index is 0.00000533. The molecular formula is C23H28F3N5O6S2. The summed E-state index contributed by atoms with van der Waals surface area (Å²) in [6, 6.07) is 12.1. The highest BCUT2D eigenvalue weighted by Gasteiger charge is 2.43. The van der Waals surface area contributed by atoms with Crippen molar-refractivity contribution in [3.8, 4) is 0 Å². The van der Waals surface area contributed by atoms with Crippen LogP contribution in [0.15, 0.2) is 54.6 Å². The molecule has 0 bridgehead atoms. The van der Waals surface area contributed by atoms with Crippen LogP contribution >= 0.6 is 25.7 Å². The summed E-state index contributed by atoms with van der Waals surface area (Å²) in [7, 11) is 1.66. The lowest BCUT2D eigenvalue weighted by atomic mass is 10.1. The van der Waals surface area contributed by atoms with E-state index in [9.17, 15) is 28.1 Å². The third-order valence-corrected chi connectivity index (χ3v) is 5.84. The highest BCUT2D eigenvalue weighted by Crippen LogP contribution is 2.35. The minimum atomic E-state index is -4.46. The summed E-state index contributed by atoms with van der Waals surface area (Å²) in [5.74, 6) is 0. The van der Waals surface area contributed by atoms with E-state index in [0.717, 1.165) is 23.9 Å². The van der Waals surface area contributed by atoms with E-state index in [1.54, 1.807) is 47.8 Å². The average molecular weight is 592 g/mol. The molecule has 39 heavy (non-hydrogen) atoms. The Kier molecular flexibility index (Phi) is 12.0. The largest absolute Gasteiger partial charge is 0.448 e. The number of anilines is 2. The first-order valence-electron chi connectivity index (χ1n) is 11.3. The molecule has 0 saturated heterocycles. The lowest BCUT2D eigenvalue weighted by Crippen LogP contribution is -2.44. The third-order valence-electron chi connectivity index (χ3n) is 5.25. The molecule has 214 valence electrons. The van der Waals surface area contributed by atoms with E-state index in [-0.39, 0.29) is 26.7 Å². The van der Waals surface area contributed by atoms with Crippen molar-refractivity contribution in [2.24, 2.45) is 0 Å². The first kappa shape index (κ1) is 31.9. The molecule has 2 aromatic rings. The van der Waals surface area contributed by atoms with Crippen LogP contribution in [0.4, 0.5) is 29.3 Å². The summed E-state index contributed by atoms with van der Waals surface area (Å²) in [6.45, 7) is 1.84. The first-order chi connectivity index (χ1) is 18.0. The summed E-state index contributed by atoms with van der Waals surface area (Å²) < 4.78 is 51.9. The number of hydrogen-bond acceptors (Lipinski definition) is 10. The standard InChI is InChI=1S/C23H26F3N5O6S.H2S/c1-16-5-7-17(8-6-16)20-15-21(23(24,25)26)27-30(20)19-11-9-18(10-12-19)29(2)38-37-28-22(32)35-13-3-4-14-36-31(33)34;/h5-12,15,21,27H,3-4,13-14H2,1-2H3,(H,28,32);1H2. The number of hydrazine groups is 1. The van der Waals surface area contributed by atoms with Gasteiger partial charge in [-0.1, -0.05) is 29.8 Å². The molecule has 0 saturated carbocycles. The Morgan fingerprint density at radius 1 is 1.15 bits per heavy atom. The number of nitrogens with one attached hydrogen (secondary N) is 2. The van der Waals surface area contributed by atoms with Crippen molar-refractivity contribution in [3.05, 3.63) is 75.8 Å².